The lowest BCUT2D eigenvalue weighted by Gasteiger charge is -2.12. The van der Waals surface area contributed by atoms with Crippen LogP contribution < -0.4 is 0 Å². The number of carbonyl (C=O) groups excluding carboxylic acids is 1. The van der Waals surface area contributed by atoms with E-state index in [0.29, 0.717) is 6.61 Å². The van der Waals surface area contributed by atoms with Crippen LogP contribution in [0.5, 0.6) is 0 Å². The van der Waals surface area contributed by atoms with Crippen LogP contribution in [0.3, 0.4) is 0 Å². The monoisotopic (exact) mass is 184 g/mol. The Hall–Kier alpha value is -0.830. The summed E-state index contributed by atoms with van der Waals surface area (Å²) in [7, 11) is 0. The SMILES string of the molecule is CCCOCC(=O)C1=COCCC1. The Morgan fingerprint density at radius 2 is 2.54 bits per heavy atom. The zero-order valence-electron chi connectivity index (χ0n) is 8.04. The highest BCUT2D eigenvalue weighted by Crippen LogP contribution is 2.12. The van der Waals surface area contributed by atoms with Crippen molar-refractivity contribution in [3.8, 4) is 0 Å². The fourth-order valence-electron chi connectivity index (χ4n) is 1.17. The molecular weight excluding hydrogens is 168 g/mol. The van der Waals surface area contributed by atoms with E-state index < -0.39 is 0 Å². The van der Waals surface area contributed by atoms with Gasteiger partial charge in [-0.1, -0.05) is 6.92 Å². The van der Waals surface area contributed by atoms with E-state index in [0.717, 1.165) is 31.4 Å². The zero-order valence-corrected chi connectivity index (χ0v) is 8.04. The molecule has 0 aromatic heterocycles. The quantitative estimate of drug-likeness (QED) is 0.610. The fraction of sp³-hybridized carbons (Fsp3) is 0.700. The maximum atomic E-state index is 11.4. The molecule has 0 spiro atoms. The van der Waals surface area contributed by atoms with Crippen molar-refractivity contribution in [2.24, 2.45) is 0 Å². The first-order valence-electron chi connectivity index (χ1n) is 4.76. The summed E-state index contributed by atoms with van der Waals surface area (Å²) in [5, 5.41) is 0. The highest BCUT2D eigenvalue weighted by atomic mass is 16.5. The van der Waals surface area contributed by atoms with Crippen molar-refractivity contribution >= 4 is 5.78 Å². The largest absolute Gasteiger partial charge is 0.501 e. The molecule has 1 aliphatic heterocycles. The maximum Gasteiger partial charge on any atom is 0.187 e. The first kappa shape index (κ1) is 10.3. The molecule has 0 radical (unpaired) electrons. The number of ether oxygens (including phenoxy) is 2. The Morgan fingerprint density at radius 3 is 3.15 bits per heavy atom. The van der Waals surface area contributed by atoms with Crippen molar-refractivity contribution in [1.82, 2.24) is 0 Å². The molecule has 1 rings (SSSR count). The molecule has 3 heteroatoms. The summed E-state index contributed by atoms with van der Waals surface area (Å²) in [4.78, 5) is 11.4. The summed E-state index contributed by atoms with van der Waals surface area (Å²) in [5.41, 5.74) is 0.766. The first-order valence-corrected chi connectivity index (χ1v) is 4.76. The van der Waals surface area contributed by atoms with Crippen LogP contribution in [-0.2, 0) is 14.3 Å². The van der Waals surface area contributed by atoms with Gasteiger partial charge in [0, 0.05) is 12.2 Å². The Balaban J connectivity index is 2.25. The fourth-order valence-corrected chi connectivity index (χ4v) is 1.17. The van der Waals surface area contributed by atoms with Gasteiger partial charge in [0.05, 0.1) is 12.9 Å². The lowest BCUT2D eigenvalue weighted by molar-refractivity contribution is -0.120. The molecule has 3 nitrogen and oxygen atoms in total. The topological polar surface area (TPSA) is 35.5 Å². The molecule has 0 saturated carbocycles. The van der Waals surface area contributed by atoms with Gasteiger partial charge in [-0.05, 0) is 19.3 Å². The van der Waals surface area contributed by atoms with Crippen molar-refractivity contribution < 1.29 is 14.3 Å². The van der Waals surface area contributed by atoms with E-state index in [-0.39, 0.29) is 12.4 Å². The molecule has 0 aliphatic carbocycles. The molecule has 1 aliphatic rings. The van der Waals surface area contributed by atoms with E-state index in [1.54, 1.807) is 6.26 Å². The summed E-state index contributed by atoms with van der Waals surface area (Å²) >= 11 is 0. The summed E-state index contributed by atoms with van der Waals surface area (Å²) in [6.45, 7) is 3.60. The molecule has 0 atom stereocenters. The van der Waals surface area contributed by atoms with Gasteiger partial charge in [0.25, 0.3) is 0 Å². The molecule has 0 aromatic rings. The van der Waals surface area contributed by atoms with Crippen molar-refractivity contribution in [3.63, 3.8) is 0 Å². The standard InChI is InChI=1S/C10H16O3/c1-2-5-12-8-10(11)9-4-3-6-13-7-9/h7H,2-6,8H2,1H3. The molecule has 1 heterocycles. The highest BCUT2D eigenvalue weighted by molar-refractivity contribution is 5.96. The minimum absolute atomic E-state index is 0.0631. The van der Waals surface area contributed by atoms with Gasteiger partial charge in [-0.2, -0.15) is 0 Å². The van der Waals surface area contributed by atoms with Gasteiger partial charge in [0.2, 0.25) is 0 Å². The Kier molecular flexibility index (Phi) is 4.54. The first-order chi connectivity index (χ1) is 6.34. The predicted molar refractivity (Wildman–Crippen MR) is 49.4 cm³/mol. The number of carbonyl (C=O) groups is 1. The van der Waals surface area contributed by atoms with E-state index in [2.05, 4.69) is 0 Å². The van der Waals surface area contributed by atoms with E-state index in [1.165, 1.54) is 0 Å². The van der Waals surface area contributed by atoms with Crippen molar-refractivity contribution in [2.75, 3.05) is 19.8 Å². The molecule has 0 aromatic carbocycles. The predicted octanol–water partition coefficient (Wildman–Crippen LogP) is 1.68. The molecule has 0 bridgehead atoms. The summed E-state index contributed by atoms with van der Waals surface area (Å²) < 4.78 is 10.2. The van der Waals surface area contributed by atoms with Gasteiger partial charge in [0.1, 0.15) is 6.61 Å². The number of hydrogen-bond acceptors (Lipinski definition) is 3. The van der Waals surface area contributed by atoms with Gasteiger partial charge >= 0.3 is 0 Å². The minimum Gasteiger partial charge on any atom is -0.501 e. The Labute approximate surface area is 78.7 Å². The van der Waals surface area contributed by atoms with Gasteiger partial charge in [-0.3, -0.25) is 4.79 Å². The average molecular weight is 184 g/mol. The second kappa shape index (κ2) is 5.75. The molecule has 74 valence electrons. The average Bonchev–Trinajstić information content (AvgIpc) is 2.19. The summed E-state index contributed by atoms with van der Waals surface area (Å²) in [6, 6.07) is 0. The number of rotatable bonds is 5. The lowest BCUT2D eigenvalue weighted by Crippen LogP contribution is -2.15. The van der Waals surface area contributed by atoms with E-state index in [4.69, 9.17) is 9.47 Å². The van der Waals surface area contributed by atoms with Crippen LogP contribution in [0.1, 0.15) is 26.2 Å². The van der Waals surface area contributed by atoms with Crippen LogP contribution in [-0.4, -0.2) is 25.6 Å². The third-order valence-electron chi connectivity index (χ3n) is 1.87. The second-order valence-corrected chi connectivity index (χ2v) is 3.09. The molecule has 0 amide bonds. The van der Waals surface area contributed by atoms with Crippen LogP contribution in [0.25, 0.3) is 0 Å². The van der Waals surface area contributed by atoms with Crippen LogP contribution in [0.2, 0.25) is 0 Å². The lowest BCUT2D eigenvalue weighted by atomic mass is 10.1. The molecule has 13 heavy (non-hydrogen) atoms. The zero-order chi connectivity index (χ0) is 9.52. The van der Waals surface area contributed by atoms with Crippen LogP contribution in [0.15, 0.2) is 11.8 Å². The maximum absolute atomic E-state index is 11.4. The molecule has 0 unspecified atom stereocenters. The van der Waals surface area contributed by atoms with Crippen LogP contribution >= 0.6 is 0 Å². The van der Waals surface area contributed by atoms with Gasteiger partial charge < -0.3 is 9.47 Å². The van der Waals surface area contributed by atoms with Gasteiger partial charge in [-0.15, -0.1) is 0 Å². The normalized spacial score (nSPS) is 16.2. The molecule has 0 saturated heterocycles. The van der Waals surface area contributed by atoms with Crippen molar-refractivity contribution in [2.45, 2.75) is 26.2 Å². The number of hydrogen-bond donors (Lipinski definition) is 0. The smallest absolute Gasteiger partial charge is 0.187 e. The van der Waals surface area contributed by atoms with Gasteiger partial charge in [-0.25, -0.2) is 0 Å². The van der Waals surface area contributed by atoms with Gasteiger partial charge in [0.15, 0.2) is 5.78 Å². The van der Waals surface area contributed by atoms with E-state index in [9.17, 15) is 4.79 Å². The molecule has 0 fully saturated rings. The van der Waals surface area contributed by atoms with Crippen LogP contribution in [0.4, 0.5) is 0 Å². The third kappa shape index (κ3) is 3.59. The second-order valence-electron chi connectivity index (χ2n) is 3.09. The summed E-state index contributed by atoms with van der Waals surface area (Å²) in [5.74, 6) is 0.0631. The summed E-state index contributed by atoms with van der Waals surface area (Å²) in [6.07, 6.45) is 4.28. The molecular formula is C10H16O3. The highest BCUT2D eigenvalue weighted by Gasteiger charge is 2.12. The number of ketones is 1. The minimum atomic E-state index is 0.0631. The molecule has 0 N–H and O–H groups in total. The third-order valence-corrected chi connectivity index (χ3v) is 1.87. The van der Waals surface area contributed by atoms with E-state index >= 15 is 0 Å². The number of Topliss-reactive ketones (excluding diaryl/α,β-unsaturated/α-hetero) is 1. The van der Waals surface area contributed by atoms with Crippen molar-refractivity contribution in [1.29, 1.82) is 0 Å². The Bertz CT molecular complexity index is 196. The van der Waals surface area contributed by atoms with E-state index in [1.807, 2.05) is 6.92 Å². The Morgan fingerprint density at radius 1 is 1.69 bits per heavy atom. The van der Waals surface area contributed by atoms with Crippen molar-refractivity contribution in [3.05, 3.63) is 11.8 Å². The van der Waals surface area contributed by atoms with Crippen LogP contribution in [0, 0.1) is 0 Å².